The minimum atomic E-state index is -1.03. The Morgan fingerprint density at radius 1 is 1.24 bits per heavy atom. The van der Waals surface area contributed by atoms with Crippen LogP contribution in [0, 0.1) is 5.82 Å². The largest absolute Gasteiger partial charge is 0.479 e. The number of hydrogen-bond donors (Lipinski definition) is 1. The number of carbonyl (C=O) groups is 1. The number of carboxylic acids is 1. The molecule has 2 rings (SSSR count). The van der Waals surface area contributed by atoms with Crippen molar-refractivity contribution in [3.05, 3.63) is 59.9 Å². The van der Waals surface area contributed by atoms with E-state index in [0.717, 1.165) is 5.56 Å². The van der Waals surface area contributed by atoms with Gasteiger partial charge in [-0.05, 0) is 48.9 Å². The molecular weight excluding hydrogens is 273 g/mol. The molecule has 5 heteroatoms. The van der Waals surface area contributed by atoms with Crippen molar-refractivity contribution < 1.29 is 19.0 Å². The van der Waals surface area contributed by atoms with E-state index in [4.69, 9.17) is 9.84 Å². The molecule has 0 aliphatic heterocycles. The van der Waals surface area contributed by atoms with Gasteiger partial charge < -0.3 is 9.84 Å². The molecule has 0 saturated heterocycles. The van der Waals surface area contributed by atoms with Crippen LogP contribution >= 0.6 is 0 Å². The van der Waals surface area contributed by atoms with Gasteiger partial charge in [-0.25, -0.2) is 9.18 Å². The number of ether oxygens (including phenoxy) is 1. The quantitative estimate of drug-likeness (QED) is 0.857. The average Bonchev–Trinajstić information content (AvgIpc) is 2.48. The van der Waals surface area contributed by atoms with E-state index in [1.807, 2.05) is 0 Å². The molecule has 0 aliphatic rings. The molecule has 0 heterocycles. The van der Waals surface area contributed by atoms with Gasteiger partial charge in [0, 0.05) is 6.21 Å². The molecule has 1 atom stereocenters. The third-order valence-corrected chi connectivity index (χ3v) is 2.75. The Kier molecular flexibility index (Phi) is 4.66. The molecule has 0 amide bonds. The number of halogens is 1. The van der Waals surface area contributed by atoms with Gasteiger partial charge in [0.05, 0.1) is 5.69 Å². The van der Waals surface area contributed by atoms with Crippen LogP contribution in [-0.2, 0) is 4.79 Å². The normalized spacial score (nSPS) is 12.3. The summed E-state index contributed by atoms with van der Waals surface area (Å²) in [6, 6.07) is 13.0. The lowest BCUT2D eigenvalue weighted by Gasteiger charge is -2.09. The smallest absolute Gasteiger partial charge is 0.344 e. The summed E-state index contributed by atoms with van der Waals surface area (Å²) in [5, 5.41) is 8.75. The highest BCUT2D eigenvalue weighted by Gasteiger charge is 2.11. The van der Waals surface area contributed by atoms with Gasteiger partial charge in [-0.15, -0.1) is 0 Å². The Balaban J connectivity index is 2.06. The number of aliphatic carboxylic acids is 1. The maximum Gasteiger partial charge on any atom is 0.344 e. The first-order valence-electron chi connectivity index (χ1n) is 6.34. The molecule has 0 radical (unpaired) electrons. The number of para-hydroxylation sites is 1. The number of hydrogen-bond acceptors (Lipinski definition) is 3. The monoisotopic (exact) mass is 287 g/mol. The fourth-order valence-electron chi connectivity index (χ4n) is 1.59. The second kappa shape index (κ2) is 6.65. The predicted molar refractivity (Wildman–Crippen MR) is 77.8 cm³/mol. The Hall–Kier alpha value is -2.69. The minimum Gasteiger partial charge on any atom is -0.479 e. The number of aliphatic imine (C=N–C) groups is 1. The molecule has 0 aliphatic carbocycles. The lowest BCUT2D eigenvalue weighted by Crippen LogP contribution is -2.22. The van der Waals surface area contributed by atoms with E-state index < -0.39 is 12.1 Å². The van der Waals surface area contributed by atoms with Gasteiger partial charge in [-0.1, -0.05) is 12.1 Å². The van der Waals surface area contributed by atoms with Crippen LogP contribution in [-0.4, -0.2) is 23.4 Å². The van der Waals surface area contributed by atoms with Crippen LogP contribution in [0.2, 0.25) is 0 Å². The van der Waals surface area contributed by atoms with Crippen LogP contribution in [0.3, 0.4) is 0 Å². The summed E-state index contributed by atoms with van der Waals surface area (Å²) in [4.78, 5) is 14.7. The van der Waals surface area contributed by atoms with Gasteiger partial charge in [0.15, 0.2) is 6.10 Å². The molecule has 1 N–H and O–H groups in total. The SMILES string of the molecule is C[C@@H](Oc1ccc(C=Nc2ccccc2F)cc1)C(=O)O. The third-order valence-electron chi connectivity index (χ3n) is 2.75. The Morgan fingerprint density at radius 2 is 1.90 bits per heavy atom. The van der Waals surface area contributed by atoms with Crippen LogP contribution < -0.4 is 4.74 Å². The van der Waals surface area contributed by atoms with E-state index in [9.17, 15) is 9.18 Å². The average molecular weight is 287 g/mol. The van der Waals surface area contributed by atoms with Crippen molar-refractivity contribution in [3.63, 3.8) is 0 Å². The first-order valence-corrected chi connectivity index (χ1v) is 6.34. The molecule has 2 aromatic rings. The van der Waals surface area contributed by atoms with Crippen molar-refractivity contribution >= 4 is 17.9 Å². The van der Waals surface area contributed by atoms with E-state index in [1.54, 1.807) is 42.5 Å². The molecule has 108 valence electrons. The van der Waals surface area contributed by atoms with Gasteiger partial charge in [-0.2, -0.15) is 0 Å². The number of carboxylic acid groups (broad SMARTS) is 1. The molecule has 0 bridgehead atoms. The summed E-state index contributed by atoms with van der Waals surface area (Å²) in [5.74, 6) is -0.961. The zero-order valence-electron chi connectivity index (χ0n) is 11.4. The first kappa shape index (κ1) is 14.7. The number of benzene rings is 2. The molecule has 0 fully saturated rings. The third kappa shape index (κ3) is 4.14. The molecule has 0 saturated carbocycles. The maximum atomic E-state index is 13.4. The maximum absolute atomic E-state index is 13.4. The minimum absolute atomic E-state index is 0.261. The van der Waals surface area contributed by atoms with Crippen LogP contribution in [0.1, 0.15) is 12.5 Å². The summed E-state index contributed by atoms with van der Waals surface area (Å²) in [5.41, 5.74) is 1.02. The van der Waals surface area contributed by atoms with Crippen LogP contribution in [0.5, 0.6) is 5.75 Å². The number of rotatable bonds is 5. The Labute approximate surface area is 121 Å². The molecule has 4 nitrogen and oxygen atoms in total. The molecule has 21 heavy (non-hydrogen) atoms. The fourth-order valence-corrected chi connectivity index (χ4v) is 1.59. The fraction of sp³-hybridized carbons (Fsp3) is 0.125. The van der Waals surface area contributed by atoms with E-state index >= 15 is 0 Å². The second-order valence-corrected chi connectivity index (χ2v) is 4.38. The van der Waals surface area contributed by atoms with Crippen LogP contribution in [0.15, 0.2) is 53.5 Å². The van der Waals surface area contributed by atoms with Crippen LogP contribution in [0.25, 0.3) is 0 Å². The van der Waals surface area contributed by atoms with Crippen molar-refractivity contribution in [2.45, 2.75) is 13.0 Å². The lowest BCUT2D eigenvalue weighted by molar-refractivity contribution is -0.144. The van der Waals surface area contributed by atoms with E-state index in [0.29, 0.717) is 5.75 Å². The molecule has 2 aromatic carbocycles. The zero-order chi connectivity index (χ0) is 15.2. The summed E-state index contributed by atoms with van der Waals surface area (Å²) in [6.45, 7) is 1.45. The number of nitrogens with zero attached hydrogens (tertiary/aromatic N) is 1. The summed E-state index contributed by atoms with van der Waals surface area (Å²) >= 11 is 0. The molecule has 0 aromatic heterocycles. The van der Waals surface area contributed by atoms with Crippen molar-refractivity contribution in [2.75, 3.05) is 0 Å². The highest BCUT2D eigenvalue weighted by Crippen LogP contribution is 2.17. The van der Waals surface area contributed by atoms with Gasteiger partial charge in [0.1, 0.15) is 11.6 Å². The van der Waals surface area contributed by atoms with Gasteiger partial charge >= 0.3 is 5.97 Å². The highest BCUT2D eigenvalue weighted by molar-refractivity contribution is 5.82. The van der Waals surface area contributed by atoms with E-state index in [-0.39, 0.29) is 11.5 Å². The van der Waals surface area contributed by atoms with Crippen molar-refractivity contribution in [3.8, 4) is 5.75 Å². The topological polar surface area (TPSA) is 58.9 Å². The van der Waals surface area contributed by atoms with Crippen LogP contribution in [0.4, 0.5) is 10.1 Å². The van der Waals surface area contributed by atoms with E-state index in [1.165, 1.54) is 19.2 Å². The van der Waals surface area contributed by atoms with E-state index in [2.05, 4.69) is 4.99 Å². The van der Waals surface area contributed by atoms with Crippen molar-refractivity contribution in [1.29, 1.82) is 0 Å². The predicted octanol–water partition coefficient (Wildman–Crippen LogP) is 3.43. The Bertz CT molecular complexity index is 653. The summed E-state index contributed by atoms with van der Waals surface area (Å²) in [6.07, 6.45) is 0.617. The molecule has 0 unspecified atom stereocenters. The second-order valence-electron chi connectivity index (χ2n) is 4.38. The van der Waals surface area contributed by atoms with Gasteiger partial charge in [-0.3, -0.25) is 4.99 Å². The van der Waals surface area contributed by atoms with Gasteiger partial charge in [0.2, 0.25) is 0 Å². The zero-order valence-corrected chi connectivity index (χ0v) is 11.4. The summed E-state index contributed by atoms with van der Waals surface area (Å²) in [7, 11) is 0. The Morgan fingerprint density at radius 3 is 2.52 bits per heavy atom. The highest BCUT2D eigenvalue weighted by atomic mass is 19.1. The first-order chi connectivity index (χ1) is 10.1. The molecular formula is C16H14FNO3. The van der Waals surface area contributed by atoms with Crippen molar-refractivity contribution in [1.82, 2.24) is 0 Å². The summed E-state index contributed by atoms with van der Waals surface area (Å²) < 4.78 is 18.6. The van der Waals surface area contributed by atoms with Gasteiger partial charge in [0.25, 0.3) is 0 Å². The van der Waals surface area contributed by atoms with Crippen molar-refractivity contribution in [2.24, 2.45) is 4.99 Å². The lowest BCUT2D eigenvalue weighted by atomic mass is 10.2. The molecule has 0 spiro atoms. The standard InChI is InChI=1S/C16H14FNO3/c1-11(16(19)20)21-13-8-6-12(7-9-13)10-18-15-5-3-2-4-14(15)17/h2-11H,1H3,(H,19,20)/t11-/m1/s1.